The van der Waals surface area contributed by atoms with Crippen LogP contribution in [-0.4, -0.2) is 33.0 Å². The average Bonchev–Trinajstić information content (AvgIpc) is 3.11. The van der Waals surface area contributed by atoms with E-state index < -0.39 is 28.0 Å². The molecule has 3 rings (SSSR count). The van der Waals surface area contributed by atoms with Gasteiger partial charge in [0.15, 0.2) is 0 Å². The molecule has 29 heavy (non-hydrogen) atoms. The van der Waals surface area contributed by atoms with Gasteiger partial charge in [0, 0.05) is 6.54 Å². The fourth-order valence-electron chi connectivity index (χ4n) is 2.98. The molecule has 1 aliphatic rings. The molecule has 0 unspecified atom stereocenters. The van der Waals surface area contributed by atoms with Gasteiger partial charge in [0.1, 0.15) is 0 Å². The van der Waals surface area contributed by atoms with Gasteiger partial charge in [-0.2, -0.15) is 13.2 Å². The zero-order valence-corrected chi connectivity index (χ0v) is 16.0. The van der Waals surface area contributed by atoms with Crippen LogP contribution < -0.4 is 4.72 Å². The van der Waals surface area contributed by atoms with E-state index in [4.69, 9.17) is 4.74 Å². The molecule has 0 atom stereocenters. The number of carbonyl (C=O) groups is 1. The number of fused-ring (bicyclic) bond motifs is 1. The number of hydrogen-bond donors (Lipinski definition) is 1. The standard InChI is InChI=1S/C20H18F3NO4S/c21-20(22,23)29(26,27)24-11-4-12-28-19(25)16-7-3-6-15(13-16)18-10-9-14-5-1-2-8-17(14)18/h1-3,5-8,10,13,24H,4,9,11-12H2. The van der Waals surface area contributed by atoms with E-state index in [0.717, 1.165) is 23.1 Å². The summed E-state index contributed by atoms with van der Waals surface area (Å²) < 4.78 is 64.8. The van der Waals surface area contributed by atoms with Crippen molar-refractivity contribution in [2.45, 2.75) is 18.3 Å². The van der Waals surface area contributed by atoms with E-state index in [-0.39, 0.29) is 13.0 Å². The Morgan fingerprint density at radius 3 is 2.62 bits per heavy atom. The summed E-state index contributed by atoms with van der Waals surface area (Å²) >= 11 is 0. The molecule has 1 aliphatic carbocycles. The molecule has 0 amide bonds. The minimum Gasteiger partial charge on any atom is -0.462 e. The fourth-order valence-corrected chi connectivity index (χ4v) is 3.56. The number of allylic oxidation sites excluding steroid dienone is 1. The highest BCUT2D eigenvalue weighted by Gasteiger charge is 2.45. The Morgan fingerprint density at radius 1 is 1.10 bits per heavy atom. The highest BCUT2D eigenvalue weighted by atomic mass is 32.2. The smallest absolute Gasteiger partial charge is 0.462 e. The first-order valence-corrected chi connectivity index (χ1v) is 10.3. The molecule has 2 aromatic rings. The number of carbonyl (C=O) groups excluding carboxylic acids is 1. The van der Waals surface area contributed by atoms with Crippen LogP contribution in [0.25, 0.3) is 5.57 Å². The number of esters is 1. The predicted octanol–water partition coefficient (Wildman–Crippen LogP) is 3.66. The second kappa shape index (κ2) is 8.38. The molecule has 154 valence electrons. The summed E-state index contributed by atoms with van der Waals surface area (Å²) in [6.07, 6.45) is 2.81. The summed E-state index contributed by atoms with van der Waals surface area (Å²) in [7, 11) is -5.39. The SMILES string of the molecule is O=C(OCCCNS(=O)(=O)C(F)(F)F)c1cccc(C2=CCc3ccccc32)c1. The Morgan fingerprint density at radius 2 is 1.86 bits per heavy atom. The van der Waals surface area contributed by atoms with Gasteiger partial charge in [0.2, 0.25) is 0 Å². The van der Waals surface area contributed by atoms with Gasteiger partial charge < -0.3 is 4.74 Å². The highest BCUT2D eigenvalue weighted by Crippen LogP contribution is 2.32. The van der Waals surface area contributed by atoms with Crippen molar-refractivity contribution in [3.63, 3.8) is 0 Å². The summed E-state index contributed by atoms with van der Waals surface area (Å²) in [6.45, 7) is -0.701. The Labute approximate surface area is 166 Å². The van der Waals surface area contributed by atoms with Crippen LogP contribution in [-0.2, 0) is 21.2 Å². The zero-order chi connectivity index (χ0) is 21.1. The van der Waals surface area contributed by atoms with Crippen LogP contribution in [0.5, 0.6) is 0 Å². The minimum absolute atomic E-state index is 0.0841. The monoisotopic (exact) mass is 425 g/mol. The lowest BCUT2D eigenvalue weighted by Gasteiger charge is -2.10. The minimum atomic E-state index is -5.39. The first-order valence-electron chi connectivity index (χ1n) is 8.81. The summed E-state index contributed by atoms with van der Waals surface area (Å²) in [5.74, 6) is -0.627. The van der Waals surface area contributed by atoms with Gasteiger partial charge in [-0.3, -0.25) is 0 Å². The molecule has 1 N–H and O–H groups in total. The van der Waals surface area contributed by atoms with Gasteiger partial charge in [0.25, 0.3) is 0 Å². The van der Waals surface area contributed by atoms with E-state index in [1.165, 1.54) is 10.3 Å². The number of ether oxygens (including phenoxy) is 1. The summed E-state index contributed by atoms with van der Waals surface area (Å²) in [4.78, 5) is 12.2. The van der Waals surface area contributed by atoms with Crippen LogP contribution >= 0.6 is 0 Å². The van der Waals surface area contributed by atoms with Crippen LogP contribution in [0.4, 0.5) is 13.2 Å². The van der Waals surface area contributed by atoms with Crippen LogP contribution in [0.3, 0.4) is 0 Å². The van der Waals surface area contributed by atoms with E-state index in [0.29, 0.717) is 5.56 Å². The third-order valence-electron chi connectivity index (χ3n) is 4.39. The Hall–Kier alpha value is -2.65. The van der Waals surface area contributed by atoms with E-state index in [1.54, 1.807) is 18.2 Å². The maximum absolute atomic E-state index is 12.2. The zero-order valence-electron chi connectivity index (χ0n) is 15.2. The lowest BCUT2D eigenvalue weighted by atomic mass is 9.98. The predicted molar refractivity (Wildman–Crippen MR) is 102 cm³/mol. The molecule has 9 heteroatoms. The summed E-state index contributed by atoms with van der Waals surface area (Å²) in [6, 6.07) is 14.9. The van der Waals surface area contributed by atoms with Crippen LogP contribution in [0.15, 0.2) is 54.6 Å². The quantitative estimate of drug-likeness (QED) is 0.543. The largest absolute Gasteiger partial charge is 0.511 e. The van der Waals surface area contributed by atoms with Gasteiger partial charge >= 0.3 is 21.5 Å². The van der Waals surface area contributed by atoms with E-state index >= 15 is 0 Å². The number of rotatable bonds is 7. The van der Waals surface area contributed by atoms with Gasteiger partial charge in [-0.25, -0.2) is 17.9 Å². The molecule has 0 fully saturated rings. The van der Waals surface area contributed by atoms with Crippen LogP contribution in [0, 0.1) is 0 Å². The number of halogens is 3. The van der Waals surface area contributed by atoms with Crippen molar-refractivity contribution in [3.8, 4) is 0 Å². The van der Waals surface area contributed by atoms with Gasteiger partial charge in [-0.15, -0.1) is 0 Å². The molecular formula is C20H18F3NO4S. The molecule has 2 aromatic carbocycles. The molecule has 0 aromatic heterocycles. The molecule has 0 bridgehead atoms. The second-order valence-corrected chi connectivity index (χ2v) is 8.15. The van der Waals surface area contributed by atoms with Crippen molar-refractivity contribution in [2.75, 3.05) is 13.2 Å². The third kappa shape index (κ3) is 4.86. The van der Waals surface area contributed by atoms with Crippen molar-refractivity contribution >= 4 is 21.6 Å². The number of sulfonamides is 1. The van der Waals surface area contributed by atoms with Crippen LogP contribution in [0.1, 0.15) is 33.5 Å². The van der Waals surface area contributed by atoms with Crippen molar-refractivity contribution in [2.24, 2.45) is 0 Å². The van der Waals surface area contributed by atoms with E-state index in [1.807, 2.05) is 30.3 Å². The lowest BCUT2D eigenvalue weighted by molar-refractivity contribution is -0.0448. The maximum Gasteiger partial charge on any atom is 0.511 e. The van der Waals surface area contributed by atoms with Crippen molar-refractivity contribution in [1.82, 2.24) is 4.72 Å². The van der Waals surface area contributed by atoms with Crippen LogP contribution in [0.2, 0.25) is 0 Å². The molecule has 0 saturated heterocycles. The summed E-state index contributed by atoms with van der Waals surface area (Å²) in [5, 5.41) is 0. The number of hydrogen-bond acceptors (Lipinski definition) is 4. The molecule has 5 nitrogen and oxygen atoms in total. The molecule has 0 aliphatic heterocycles. The van der Waals surface area contributed by atoms with Crippen molar-refractivity contribution in [1.29, 1.82) is 0 Å². The van der Waals surface area contributed by atoms with Crippen molar-refractivity contribution < 1.29 is 31.1 Å². The third-order valence-corrected chi connectivity index (χ3v) is 5.59. The first kappa shape index (κ1) is 21.1. The first-order chi connectivity index (χ1) is 13.7. The molecular weight excluding hydrogens is 407 g/mol. The van der Waals surface area contributed by atoms with E-state index in [9.17, 15) is 26.4 Å². The highest BCUT2D eigenvalue weighted by molar-refractivity contribution is 7.90. The molecule has 0 spiro atoms. The molecule has 0 radical (unpaired) electrons. The topological polar surface area (TPSA) is 72.5 Å². The molecule has 0 saturated carbocycles. The number of benzene rings is 2. The normalized spacial score (nSPS) is 13.7. The Bertz CT molecular complexity index is 1050. The second-order valence-electron chi connectivity index (χ2n) is 6.39. The fraction of sp³-hybridized carbons (Fsp3) is 0.250. The van der Waals surface area contributed by atoms with Gasteiger partial charge in [-0.1, -0.05) is 42.5 Å². The Kier molecular flexibility index (Phi) is 6.09. The maximum atomic E-state index is 12.2. The number of alkyl halides is 3. The van der Waals surface area contributed by atoms with Crippen molar-refractivity contribution in [3.05, 3.63) is 76.9 Å². The molecule has 0 heterocycles. The summed E-state index contributed by atoms with van der Waals surface area (Å²) in [5.41, 5.74) is -0.855. The van der Waals surface area contributed by atoms with E-state index in [2.05, 4.69) is 6.08 Å². The number of nitrogens with one attached hydrogen (secondary N) is 1. The van der Waals surface area contributed by atoms with Gasteiger partial charge in [0.05, 0.1) is 12.2 Å². The van der Waals surface area contributed by atoms with Gasteiger partial charge in [-0.05, 0) is 47.2 Å². The average molecular weight is 425 g/mol. The Balaban J connectivity index is 1.56. The lowest BCUT2D eigenvalue weighted by Crippen LogP contribution is -2.37.